The highest BCUT2D eigenvalue weighted by atomic mass is 32.2. The second-order valence-electron chi connectivity index (χ2n) is 4.49. The SMILES string of the molecule is N#Cc1cnc(OCCN2CCOCC2)c(S(N)(=O)=O)c1. The Kier molecular flexibility index (Phi) is 5.08. The molecular weight excluding hydrogens is 296 g/mol. The van der Waals surface area contributed by atoms with Gasteiger partial charge in [0.05, 0.1) is 18.8 Å². The molecule has 2 rings (SSSR count). The maximum absolute atomic E-state index is 11.5. The molecule has 114 valence electrons. The number of morpholine rings is 1. The molecule has 0 aliphatic carbocycles. The Hall–Kier alpha value is -1.73. The molecule has 0 aromatic carbocycles. The molecule has 0 radical (unpaired) electrons. The molecule has 21 heavy (non-hydrogen) atoms. The van der Waals surface area contributed by atoms with Gasteiger partial charge in [-0.2, -0.15) is 5.26 Å². The summed E-state index contributed by atoms with van der Waals surface area (Å²) in [6.45, 7) is 3.89. The lowest BCUT2D eigenvalue weighted by Crippen LogP contribution is -2.38. The lowest BCUT2D eigenvalue weighted by Gasteiger charge is -2.26. The minimum Gasteiger partial charge on any atom is -0.475 e. The van der Waals surface area contributed by atoms with Gasteiger partial charge in [0, 0.05) is 25.8 Å². The van der Waals surface area contributed by atoms with Gasteiger partial charge in [-0.15, -0.1) is 0 Å². The Labute approximate surface area is 123 Å². The van der Waals surface area contributed by atoms with E-state index in [-0.39, 0.29) is 22.9 Å². The highest BCUT2D eigenvalue weighted by molar-refractivity contribution is 7.89. The van der Waals surface area contributed by atoms with E-state index in [4.69, 9.17) is 19.9 Å². The van der Waals surface area contributed by atoms with Crippen molar-refractivity contribution in [1.82, 2.24) is 9.88 Å². The van der Waals surface area contributed by atoms with Crippen LogP contribution in [0.5, 0.6) is 5.88 Å². The molecule has 0 atom stereocenters. The number of ether oxygens (including phenoxy) is 2. The Balaban J connectivity index is 2.04. The van der Waals surface area contributed by atoms with Crippen molar-refractivity contribution in [3.63, 3.8) is 0 Å². The van der Waals surface area contributed by atoms with Crippen LogP contribution in [0.1, 0.15) is 5.56 Å². The number of rotatable bonds is 5. The molecule has 0 spiro atoms. The number of nitrogens with zero attached hydrogens (tertiary/aromatic N) is 3. The van der Waals surface area contributed by atoms with Crippen molar-refractivity contribution in [3.8, 4) is 11.9 Å². The molecule has 9 heteroatoms. The molecule has 1 aromatic heterocycles. The van der Waals surface area contributed by atoms with Crippen LogP contribution in [0, 0.1) is 11.3 Å². The van der Waals surface area contributed by atoms with E-state index in [1.807, 2.05) is 6.07 Å². The van der Waals surface area contributed by atoms with E-state index in [2.05, 4.69) is 9.88 Å². The van der Waals surface area contributed by atoms with Crippen molar-refractivity contribution in [1.29, 1.82) is 5.26 Å². The number of hydrogen-bond donors (Lipinski definition) is 1. The Morgan fingerprint density at radius 1 is 1.48 bits per heavy atom. The van der Waals surface area contributed by atoms with Crippen molar-refractivity contribution in [2.45, 2.75) is 4.90 Å². The summed E-state index contributed by atoms with van der Waals surface area (Å²) in [5.41, 5.74) is 0.111. The number of nitrogens with two attached hydrogens (primary N) is 1. The van der Waals surface area contributed by atoms with Gasteiger partial charge < -0.3 is 9.47 Å². The van der Waals surface area contributed by atoms with E-state index in [1.54, 1.807) is 0 Å². The molecule has 0 bridgehead atoms. The van der Waals surface area contributed by atoms with Gasteiger partial charge in [0.1, 0.15) is 17.6 Å². The van der Waals surface area contributed by atoms with Crippen LogP contribution in [-0.4, -0.2) is 57.8 Å². The zero-order chi connectivity index (χ0) is 15.3. The molecule has 0 saturated carbocycles. The first kappa shape index (κ1) is 15.7. The van der Waals surface area contributed by atoms with E-state index in [0.717, 1.165) is 19.2 Å². The van der Waals surface area contributed by atoms with Crippen LogP contribution < -0.4 is 9.88 Å². The highest BCUT2D eigenvalue weighted by Crippen LogP contribution is 2.20. The van der Waals surface area contributed by atoms with Crippen LogP contribution in [0.4, 0.5) is 0 Å². The largest absolute Gasteiger partial charge is 0.475 e. The van der Waals surface area contributed by atoms with Crippen molar-refractivity contribution in [2.24, 2.45) is 5.14 Å². The maximum atomic E-state index is 11.5. The van der Waals surface area contributed by atoms with E-state index >= 15 is 0 Å². The average molecular weight is 312 g/mol. The van der Waals surface area contributed by atoms with Crippen LogP contribution in [0.2, 0.25) is 0 Å². The van der Waals surface area contributed by atoms with Gasteiger partial charge in [0.15, 0.2) is 0 Å². The van der Waals surface area contributed by atoms with Gasteiger partial charge in [-0.1, -0.05) is 0 Å². The Morgan fingerprint density at radius 2 is 2.19 bits per heavy atom. The topological polar surface area (TPSA) is 119 Å². The molecule has 0 amide bonds. The molecule has 0 unspecified atom stereocenters. The normalized spacial score (nSPS) is 16.4. The molecule has 8 nitrogen and oxygen atoms in total. The summed E-state index contributed by atoms with van der Waals surface area (Å²) in [6.07, 6.45) is 1.25. The average Bonchev–Trinajstić information content (AvgIpc) is 2.47. The zero-order valence-electron chi connectivity index (χ0n) is 11.4. The fourth-order valence-corrected chi connectivity index (χ4v) is 2.55. The van der Waals surface area contributed by atoms with Crippen LogP contribution in [0.15, 0.2) is 17.2 Å². The summed E-state index contributed by atoms with van der Waals surface area (Å²) in [5, 5.41) is 13.9. The number of primary sulfonamides is 1. The monoisotopic (exact) mass is 312 g/mol. The lowest BCUT2D eigenvalue weighted by atomic mass is 10.3. The summed E-state index contributed by atoms with van der Waals surface area (Å²) in [7, 11) is -3.99. The van der Waals surface area contributed by atoms with Gasteiger partial charge in [0.2, 0.25) is 15.9 Å². The van der Waals surface area contributed by atoms with Gasteiger partial charge in [0.25, 0.3) is 0 Å². The first-order valence-electron chi connectivity index (χ1n) is 6.36. The number of aromatic nitrogens is 1. The van der Waals surface area contributed by atoms with E-state index in [0.29, 0.717) is 19.8 Å². The van der Waals surface area contributed by atoms with Gasteiger partial charge >= 0.3 is 0 Å². The summed E-state index contributed by atoms with van der Waals surface area (Å²) in [6, 6.07) is 2.97. The molecule has 1 aromatic rings. The lowest BCUT2D eigenvalue weighted by molar-refractivity contribution is 0.0318. The van der Waals surface area contributed by atoms with Crippen LogP contribution in [0.25, 0.3) is 0 Å². The van der Waals surface area contributed by atoms with Gasteiger partial charge in [-0.3, -0.25) is 4.90 Å². The predicted molar refractivity (Wildman–Crippen MR) is 73.1 cm³/mol. The maximum Gasteiger partial charge on any atom is 0.243 e. The fourth-order valence-electron chi connectivity index (χ4n) is 1.90. The standard InChI is InChI=1S/C12H16N4O4S/c13-8-10-7-11(21(14,17)18)12(15-9-10)20-6-3-16-1-4-19-5-2-16/h7,9H,1-6H2,(H2,14,17,18). The number of pyridine rings is 1. The Morgan fingerprint density at radius 3 is 2.81 bits per heavy atom. The molecule has 1 fully saturated rings. The van der Waals surface area contributed by atoms with Gasteiger partial charge in [-0.25, -0.2) is 18.5 Å². The third-order valence-corrected chi connectivity index (χ3v) is 3.91. The van der Waals surface area contributed by atoms with Crippen molar-refractivity contribution < 1.29 is 17.9 Å². The predicted octanol–water partition coefficient (Wildman–Crippen LogP) is -0.688. The number of sulfonamides is 1. The highest BCUT2D eigenvalue weighted by Gasteiger charge is 2.18. The molecule has 1 aliphatic heterocycles. The van der Waals surface area contributed by atoms with E-state index < -0.39 is 10.0 Å². The van der Waals surface area contributed by atoms with E-state index in [9.17, 15) is 8.42 Å². The van der Waals surface area contributed by atoms with Crippen molar-refractivity contribution >= 4 is 10.0 Å². The number of hydrogen-bond acceptors (Lipinski definition) is 7. The van der Waals surface area contributed by atoms with Gasteiger partial charge in [-0.05, 0) is 6.07 Å². The van der Waals surface area contributed by atoms with Crippen LogP contribution >= 0.6 is 0 Å². The third kappa shape index (κ3) is 4.37. The molecule has 2 heterocycles. The number of nitriles is 1. The summed E-state index contributed by atoms with van der Waals surface area (Å²) in [5.74, 6) is -0.0789. The third-order valence-electron chi connectivity index (χ3n) is 3.00. The van der Waals surface area contributed by atoms with Crippen molar-refractivity contribution in [3.05, 3.63) is 17.8 Å². The first-order valence-corrected chi connectivity index (χ1v) is 7.91. The zero-order valence-corrected chi connectivity index (χ0v) is 12.2. The molecule has 1 aliphatic rings. The molecule has 2 N–H and O–H groups in total. The van der Waals surface area contributed by atoms with Crippen molar-refractivity contribution in [2.75, 3.05) is 39.5 Å². The molecule has 1 saturated heterocycles. The first-order chi connectivity index (χ1) is 10.0. The quantitative estimate of drug-likeness (QED) is 0.764. The fraction of sp³-hybridized carbons (Fsp3) is 0.500. The Bertz CT molecular complexity index is 635. The molecular formula is C12H16N4O4S. The van der Waals surface area contributed by atoms with Crippen LogP contribution in [-0.2, 0) is 14.8 Å². The summed E-state index contributed by atoms with van der Waals surface area (Å²) < 4.78 is 33.7. The minimum atomic E-state index is -3.99. The minimum absolute atomic E-state index is 0.0789. The second kappa shape index (κ2) is 6.82. The summed E-state index contributed by atoms with van der Waals surface area (Å²) >= 11 is 0. The second-order valence-corrected chi connectivity index (χ2v) is 6.02. The van der Waals surface area contributed by atoms with Crippen LogP contribution in [0.3, 0.4) is 0 Å². The summed E-state index contributed by atoms with van der Waals surface area (Å²) in [4.78, 5) is 5.72. The smallest absolute Gasteiger partial charge is 0.243 e. The van der Waals surface area contributed by atoms with E-state index in [1.165, 1.54) is 6.20 Å².